The van der Waals surface area contributed by atoms with E-state index in [0.717, 1.165) is 4.90 Å². The molecule has 10 amide bonds. The molecule has 0 aliphatic carbocycles. The molecule has 0 spiro atoms. The number of amides is 10. The zero-order chi connectivity index (χ0) is 69.3. The molecule has 0 aromatic heterocycles. The maximum Gasteiger partial charge on any atom is 0.326 e. The van der Waals surface area contributed by atoms with Crippen molar-refractivity contribution in [2.45, 2.75) is 158 Å². The van der Waals surface area contributed by atoms with E-state index in [1.54, 1.807) is 88.4 Å². The first-order valence-corrected chi connectivity index (χ1v) is 30.7. The molecule has 4 aromatic rings. The number of rotatable bonds is 36. The number of aromatic hydroxyl groups is 2. The number of hydrogen-bond acceptors (Lipinski definition) is 16. The smallest absolute Gasteiger partial charge is 0.326 e. The number of benzene rings is 4. The van der Waals surface area contributed by atoms with Crippen LogP contribution < -0.4 is 59.7 Å². The average molecular weight is 1310 g/mol. The molecule has 0 bridgehead atoms. The maximum atomic E-state index is 15.9. The lowest BCUT2D eigenvalue weighted by atomic mass is 9.99. The van der Waals surface area contributed by atoms with Gasteiger partial charge in [-0.1, -0.05) is 113 Å². The van der Waals surface area contributed by atoms with Crippen molar-refractivity contribution in [2.75, 3.05) is 13.1 Å². The Bertz CT molecular complexity index is 3270. The van der Waals surface area contributed by atoms with Gasteiger partial charge in [-0.05, 0) is 84.2 Å². The van der Waals surface area contributed by atoms with Crippen LogP contribution in [0.2, 0.25) is 0 Å². The van der Waals surface area contributed by atoms with Crippen molar-refractivity contribution in [3.63, 3.8) is 0 Å². The second kappa shape index (κ2) is 36.3. The number of likely N-dealkylation sites (tertiary alicyclic amines) is 1. The lowest BCUT2D eigenvalue weighted by Gasteiger charge is -2.31. The number of carbonyl (C=O) groups is 12. The SMILES string of the molecule is CC(C)C[C@H](NC(=O)[C@H](CCCN)NC(=O)[C@@H](N)C(C)C)C(=O)N[C@@H](Cc1ccc(O)cc1)C(=O)N1CC(F)C[C@H]1C(=O)N[C@@H](Cc1ccccc1)C(=O)N[C@@H](Cc1ccccc1)C(=O)N[C@@H](CC(N)=O)C(=O)N[C@@H](CC(=O)O)C(=O)N[C@@H](Cc1ccc(O)cc1)C(=O)O. The van der Waals surface area contributed by atoms with E-state index in [0.29, 0.717) is 28.7 Å². The molecular weight excluding hydrogens is 1220 g/mol. The lowest BCUT2D eigenvalue weighted by Crippen LogP contribution is -2.61. The van der Waals surface area contributed by atoms with Crippen LogP contribution in [-0.2, 0) is 83.2 Å². The van der Waals surface area contributed by atoms with Gasteiger partial charge in [0.25, 0.3) is 0 Å². The minimum atomic E-state index is -2.01. The first kappa shape index (κ1) is 74.7. The van der Waals surface area contributed by atoms with Crippen molar-refractivity contribution >= 4 is 71.0 Å². The molecule has 28 nitrogen and oxygen atoms in total. The van der Waals surface area contributed by atoms with E-state index in [1.807, 2.05) is 0 Å². The molecule has 1 saturated heterocycles. The van der Waals surface area contributed by atoms with E-state index < -0.39 is 163 Å². The summed E-state index contributed by atoms with van der Waals surface area (Å²) in [5.74, 6) is -14.1. The average Bonchev–Trinajstić information content (AvgIpc) is 1.67. The lowest BCUT2D eigenvalue weighted by molar-refractivity contribution is -0.144. The fraction of sp³-hybridized carbons (Fsp3) is 0.446. The molecule has 4 aromatic carbocycles. The Hall–Kier alpha value is -10.0. The minimum Gasteiger partial charge on any atom is -0.508 e. The third kappa shape index (κ3) is 23.9. The van der Waals surface area contributed by atoms with Gasteiger partial charge in [0.1, 0.15) is 72.0 Å². The fourth-order valence-corrected chi connectivity index (χ4v) is 10.3. The number of carboxylic acids is 2. The predicted molar refractivity (Wildman–Crippen MR) is 339 cm³/mol. The standard InChI is InChI=1S/C65H85FN12O16/c1-35(2)26-45(71-56(84)44(16-11-25-67)70-63(91)55(69)36(3)4)57(85)76-50(29-39-17-21-42(79)22-18-39)64(92)78-34-41(66)31-52(78)62(90)75-47(28-38-14-9-6-10-15-38)59(87)72-46(27-37-12-7-5-8-13-37)58(86)73-48(32-53(68)81)60(88)74-49(33-54(82)83)61(89)77-51(65(93)94)30-40-19-23-43(80)24-20-40/h5-10,12-15,17-24,35-36,41,44-52,55,79-80H,11,16,25-34,67,69H2,1-4H3,(H2,68,81)(H,70,91)(H,71,84)(H,72,87)(H,73,86)(H,74,88)(H,75,90)(H,76,85)(H,77,89)(H,82,83)(H,93,94)/t41?,44-,45-,46-,47-,48-,49-,50-,51-,52-,55-/m0/s1. The van der Waals surface area contributed by atoms with Gasteiger partial charge in [-0.25, -0.2) is 9.18 Å². The summed E-state index contributed by atoms with van der Waals surface area (Å²) >= 11 is 0. The summed E-state index contributed by atoms with van der Waals surface area (Å²) < 4.78 is 15.9. The van der Waals surface area contributed by atoms with Gasteiger partial charge in [0.2, 0.25) is 59.1 Å². The molecule has 1 heterocycles. The van der Waals surface area contributed by atoms with Crippen molar-refractivity contribution in [1.29, 1.82) is 0 Å². The maximum absolute atomic E-state index is 15.9. The molecule has 29 heteroatoms. The van der Waals surface area contributed by atoms with Gasteiger partial charge in [0.15, 0.2) is 0 Å². The van der Waals surface area contributed by atoms with E-state index in [2.05, 4.69) is 42.5 Å². The quantitative estimate of drug-likeness (QED) is 0.0270. The van der Waals surface area contributed by atoms with Crippen molar-refractivity contribution in [1.82, 2.24) is 47.4 Å². The fourth-order valence-electron chi connectivity index (χ4n) is 10.3. The van der Waals surface area contributed by atoms with Crippen LogP contribution >= 0.6 is 0 Å². The third-order valence-electron chi connectivity index (χ3n) is 15.4. The highest BCUT2D eigenvalue weighted by molar-refractivity contribution is 6.00. The zero-order valence-corrected chi connectivity index (χ0v) is 52.6. The number of aliphatic carboxylic acids is 2. The predicted octanol–water partition coefficient (Wildman–Crippen LogP) is -0.611. The summed E-state index contributed by atoms with van der Waals surface area (Å²) in [4.78, 5) is 166. The Labute approximate surface area is 542 Å². The van der Waals surface area contributed by atoms with Crippen molar-refractivity contribution in [3.8, 4) is 11.5 Å². The summed E-state index contributed by atoms with van der Waals surface area (Å²) in [6, 6.07) is 11.6. The molecule has 1 aliphatic rings. The minimum absolute atomic E-state index is 0.0301. The van der Waals surface area contributed by atoms with E-state index >= 15 is 9.18 Å². The van der Waals surface area contributed by atoms with Gasteiger partial charge in [0.05, 0.1) is 25.4 Å². The summed E-state index contributed by atoms with van der Waals surface area (Å²) in [6.45, 7) is 6.53. The molecule has 1 unspecified atom stereocenters. The molecule has 1 aliphatic heterocycles. The molecule has 1 fully saturated rings. The Morgan fingerprint density at radius 3 is 1.37 bits per heavy atom. The van der Waals surface area contributed by atoms with Crippen LogP contribution in [0.5, 0.6) is 11.5 Å². The largest absolute Gasteiger partial charge is 0.508 e. The van der Waals surface area contributed by atoms with Gasteiger partial charge in [-0.15, -0.1) is 0 Å². The van der Waals surface area contributed by atoms with Crippen molar-refractivity contribution < 1.29 is 82.4 Å². The second-order valence-electron chi connectivity index (χ2n) is 23.9. The summed E-state index contributed by atoms with van der Waals surface area (Å²) in [5, 5.41) is 59.5. The van der Waals surface area contributed by atoms with Gasteiger partial charge < -0.3 is 85.1 Å². The topological polar surface area (TPSA) is 463 Å². The number of carbonyl (C=O) groups excluding carboxylic acids is 10. The number of phenols is 2. The Kier molecular flexibility index (Phi) is 28.8. The molecule has 18 N–H and O–H groups in total. The number of halogens is 1. The van der Waals surface area contributed by atoms with Crippen LogP contribution in [0.15, 0.2) is 109 Å². The van der Waals surface area contributed by atoms with Crippen LogP contribution in [-0.4, -0.2) is 176 Å². The highest BCUT2D eigenvalue weighted by Crippen LogP contribution is 2.24. The Morgan fingerprint density at radius 1 is 0.511 bits per heavy atom. The van der Waals surface area contributed by atoms with Crippen molar-refractivity contribution in [3.05, 3.63) is 131 Å². The van der Waals surface area contributed by atoms with Crippen molar-refractivity contribution in [2.24, 2.45) is 29.0 Å². The van der Waals surface area contributed by atoms with Crippen LogP contribution in [0.1, 0.15) is 88.5 Å². The van der Waals surface area contributed by atoms with Gasteiger partial charge in [0, 0.05) is 32.1 Å². The van der Waals surface area contributed by atoms with E-state index in [1.165, 1.54) is 48.5 Å². The first-order chi connectivity index (χ1) is 44.5. The van der Waals surface area contributed by atoms with Crippen LogP contribution in [0, 0.1) is 11.8 Å². The van der Waals surface area contributed by atoms with E-state index in [9.17, 15) is 73.2 Å². The normalized spacial score (nSPS) is 16.5. The van der Waals surface area contributed by atoms with Gasteiger partial charge in [-0.3, -0.25) is 52.7 Å². The molecule has 5 rings (SSSR count). The molecular formula is C65H85FN12O16. The number of primary amides is 1. The Morgan fingerprint density at radius 2 is 0.904 bits per heavy atom. The van der Waals surface area contributed by atoms with Crippen LogP contribution in [0.3, 0.4) is 0 Å². The zero-order valence-electron chi connectivity index (χ0n) is 52.6. The number of alkyl halides is 1. The molecule has 508 valence electrons. The summed E-state index contributed by atoms with van der Waals surface area (Å²) in [6.07, 6.45) is -5.27. The van der Waals surface area contributed by atoms with Gasteiger partial charge in [-0.2, -0.15) is 0 Å². The molecule has 0 saturated carbocycles. The molecule has 94 heavy (non-hydrogen) atoms. The highest BCUT2D eigenvalue weighted by Gasteiger charge is 2.44. The number of carboxylic acid groups (broad SMARTS) is 2. The summed E-state index contributed by atoms with van der Waals surface area (Å²) in [7, 11) is 0. The number of nitrogens with one attached hydrogen (secondary N) is 8. The van der Waals surface area contributed by atoms with Crippen LogP contribution in [0.25, 0.3) is 0 Å². The monoisotopic (exact) mass is 1310 g/mol. The van der Waals surface area contributed by atoms with Crippen LogP contribution in [0.4, 0.5) is 4.39 Å². The number of hydrogen-bond donors (Lipinski definition) is 15. The van der Waals surface area contributed by atoms with E-state index in [4.69, 9.17) is 17.2 Å². The summed E-state index contributed by atoms with van der Waals surface area (Å²) in [5.41, 5.74) is 19.0. The van der Waals surface area contributed by atoms with E-state index in [-0.39, 0.29) is 68.4 Å². The second-order valence-corrected chi connectivity index (χ2v) is 23.9. The van der Waals surface area contributed by atoms with Gasteiger partial charge >= 0.3 is 11.9 Å². The third-order valence-corrected chi connectivity index (χ3v) is 15.4. The first-order valence-electron chi connectivity index (χ1n) is 30.7. The Balaban J connectivity index is 1.43. The number of nitrogens with two attached hydrogens (primary N) is 3. The highest BCUT2D eigenvalue weighted by atomic mass is 19.1. The molecule has 0 radical (unpaired) electrons. The number of phenolic OH excluding ortho intramolecular Hbond substituents is 2. The number of nitrogens with zero attached hydrogens (tertiary/aromatic N) is 1. The molecule has 11 atom stereocenters.